The first-order valence-corrected chi connectivity index (χ1v) is 6.20. The molecular weight excluding hydrogens is 292 g/mol. The number of aromatic hydroxyl groups is 1. The Morgan fingerprint density at radius 2 is 2.00 bits per heavy atom. The molecule has 4 heteroatoms. The van der Waals surface area contributed by atoms with Crippen molar-refractivity contribution in [1.82, 2.24) is 0 Å². The van der Waals surface area contributed by atoms with Crippen LogP contribution in [0.4, 0.5) is 5.69 Å². The summed E-state index contributed by atoms with van der Waals surface area (Å²) in [7, 11) is 0. The summed E-state index contributed by atoms with van der Waals surface area (Å²) in [4.78, 5) is 0. The van der Waals surface area contributed by atoms with Gasteiger partial charge in [0.2, 0.25) is 0 Å². The summed E-state index contributed by atoms with van der Waals surface area (Å²) in [6.07, 6.45) is 0. The van der Waals surface area contributed by atoms with E-state index >= 15 is 0 Å². The minimum Gasteiger partial charge on any atom is -0.507 e. The maximum Gasteiger partial charge on any atom is 0.129 e. The van der Waals surface area contributed by atoms with Crippen molar-refractivity contribution >= 4 is 21.6 Å². The molecule has 0 amide bonds. The summed E-state index contributed by atoms with van der Waals surface area (Å²) < 4.78 is 0.662. The fourth-order valence-electron chi connectivity index (χ4n) is 1.59. The molecule has 0 unspecified atom stereocenters. The number of halogens is 1. The van der Waals surface area contributed by atoms with Crippen LogP contribution in [0.3, 0.4) is 0 Å². The summed E-state index contributed by atoms with van der Waals surface area (Å²) in [5.74, 6) is 0.219. The van der Waals surface area contributed by atoms with E-state index in [-0.39, 0.29) is 5.75 Å². The highest BCUT2D eigenvalue weighted by Crippen LogP contribution is 2.25. The van der Waals surface area contributed by atoms with Gasteiger partial charge in [0.25, 0.3) is 0 Å². The average Bonchev–Trinajstić information content (AvgIpc) is 2.40. The highest BCUT2D eigenvalue weighted by Gasteiger charge is 2.02. The van der Waals surface area contributed by atoms with Crippen molar-refractivity contribution in [1.29, 1.82) is 5.26 Å². The van der Waals surface area contributed by atoms with Gasteiger partial charge in [-0.3, -0.25) is 0 Å². The van der Waals surface area contributed by atoms with Crippen LogP contribution in [0.1, 0.15) is 11.1 Å². The molecule has 90 valence electrons. The number of rotatable bonds is 3. The van der Waals surface area contributed by atoms with E-state index in [9.17, 15) is 5.11 Å². The van der Waals surface area contributed by atoms with Gasteiger partial charge in [0, 0.05) is 6.54 Å². The number of benzene rings is 2. The molecule has 0 fully saturated rings. The van der Waals surface area contributed by atoms with Gasteiger partial charge in [-0.15, -0.1) is 0 Å². The van der Waals surface area contributed by atoms with E-state index < -0.39 is 0 Å². The molecule has 18 heavy (non-hydrogen) atoms. The first kappa shape index (κ1) is 12.5. The van der Waals surface area contributed by atoms with Crippen molar-refractivity contribution in [3.05, 3.63) is 58.1 Å². The van der Waals surface area contributed by atoms with Crippen LogP contribution in [0.2, 0.25) is 0 Å². The van der Waals surface area contributed by atoms with Gasteiger partial charge in [-0.25, -0.2) is 0 Å². The molecule has 0 saturated carbocycles. The van der Waals surface area contributed by atoms with Gasteiger partial charge in [0.1, 0.15) is 11.8 Å². The molecule has 0 heterocycles. The molecule has 0 aromatic heterocycles. The fraction of sp³-hybridized carbons (Fsp3) is 0.0714. The highest BCUT2D eigenvalue weighted by atomic mass is 79.9. The first-order chi connectivity index (χ1) is 8.70. The quantitative estimate of drug-likeness (QED) is 0.910. The van der Waals surface area contributed by atoms with Gasteiger partial charge < -0.3 is 10.4 Å². The molecule has 0 saturated heterocycles. The zero-order valence-corrected chi connectivity index (χ0v) is 11.1. The number of para-hydroxylation sites is 1. The Hall–Kier alpha value is -1.99. The lowest BCUT2D eigenvalue weighted by Gasteiger charge is -2.08. The Bertz CT molecular complexity index is 605. The van der Waals surface area contributed by atoms with Gasteiger partial charge in [-0.05, 0) is 45.8 Å². The van der Waals surface area contributed by atoms with Crippen molar-refractivity contribution < 1.29 is 5.11 Å². The van der Waals surface area contributed by atoms with Crippen molar-refractivity contribution in [2.45, 2.75) is 6.54 Å². The number of phenols is 1. The predicted molar refractivity (Wildman–Crippen MR) is 74.3 cm³/mol. The Kier molecular flexibility index (Phi) is 3.85. The van der Waals surface area contributed by atoms with Crippen molar-refractivity contribution in [2.75, 3.05) is 5.32 Å². The topological polar surface area (TPSA) is 56.0 Å². The molecule has 0 radical (unpaired) electrons. The molecule has 2 aromatic carbocycles. The van der Waals surface area contributed by atoms with Crippen molar-refractivity contribution in [3.63, 3.8) is 0 Å². The molecular formula is C14H11BrN2O. The zero-order chi connectivity index (χ0) is 13.0. The largest absolute Gasteiger partial charge is 0.507 e. The van der Waals surface area contributed by atoms with Crippen LogP contribution in [0.25, 0.3) is 0 Å². The normalized spacial score (nSPS) is 9.78. The molecule has 0 aliphatic rings. The third kappa shape index (κ3) is 2.82. The first-order valence-electron chi connectivity index (χ1n) is 5.41. The fourth-order valence-corrected chi connectivity index (χ4v) is 2.02. The third-order valence-electron chi connectivity index (χ3n) is 2.54. The van der Waals surface area contributed by atoms with Crippen LogP contribution in [0, 0.1) is 11.3 Å². The summed E-state index contributed by atoms with van der Waals surface area (Å²) in [6.45, 7) is 0.595. The lowest BCUT2D eigenvalue weighted by Crippen LogP contribution is -2.01. The predicted octanol–water partition coefficient (Wildman–Crippen LogP) is 3.64. The maximum absolute atomic E-state index is 9.40. The minimum absolute atomic E-state index is 0.219. The number of phenolic OH excluding ortho intramolecular Hbond substituents is 1. The summed E-state index contributed by atoms with van der Waals surface area (Å²) in [5.41, 5.74) is 2.45. The number of hydrogen-bond donors (Lipinski definition) is 2. The van der Waals surface area contributed by atoms with Crippen molar-refractivity contribution in [2.24, 2.45) is 0 Å². The Morgan fingerprint density at radius 1 is 1.22 bits per heavy atom. The number of nitrogens with one attached hydrogen (secondary N) is 1. The van der Waals surface area contributed by atoms with E-state index in [0.717, 1.165) is 11.3 Å². The summed E-state index contributed by atoms with van der Waals surface area (Å²) in [5, 5.41) is 21.6. The zero-order valence-electron chi connectivity index (χ0n) is 9.52. The third-order valence-corrected chi connectivity index (χ3v) is 3.18. The number of nitriles is 1. The molecule has 2 N–H and O–H groups in total. The number of hydrogen-bond acceptors (Lipinski definition) is 3. The molecule has 0 aliphatic heterocycles. The minimum atomic E-state index is 0.219. The number of anilines is 1. The molecule has 0 aliphatic carbocycles. The van der Waals surface area contributed by atoms with Crippen LogP contribution in [0.15, 0.2) is 46.9 Å². The molecule has 0 atom stereocenters. The van der Waals surface area contributed by atoms with Crippen molar-refractivity contribution in [3.8, 4) is 11.8 Å². The van der Waals surface area contributed by atoms with Crippen LogP contribution in [-0.4, -0.2) is 5.11 Å². The molecule has 2 rings (SSSR count). The lowest BCUT2D eigenvalue weighted by atomic mass is 10.1. The Labute approximate surface area is 114 Å². The summed E-state index contributed by atoms with van der Waals surface area (Å²) >= 11 is 3.27. The Morgan fingerprint density at radius 3 is 2.72 bits per heavy atom. The van der Waals surface area contributed by atoms with E-state index in [1.54, 1.807) is 12.1 Å². The maximum atomic E-state index is 9.40. The van der Waals surface area contributed by atoms with Gasteiger partial charge >= 0.3 is 0 Å². The molecule has 0 bridgehead atoms. The van der Waals surface area contributed by atoms with Gasteiger partial charge in [-0.1, -0.05) is 18.2 Å². The van der Waals surface area contributed by atoms with Crippen LogP contribution in [-0.2, 0) is 6.54 Å². The van der Waals surface area contributed by atoms with E-state index in [1.807, 2.05) is 30.3 Å². The van der Waals surface area contributed by atoms with E-state index in [1.165, 1.54) is 0 Å². The van der Waals surface area contributed by atoms with Crippen LogP contribution < -0.4 is 5.32 Å². The Balaban J connectivity index is 2.12. The smallest absolute Gasteiger partial charge is 0.129 e. The van der Waals surface area contributed by atoms with E-state index in [0.29, 0.717) is 16.6 Å². The summed E-state index contributed by atoms with van der Waals surface area (Å²) in [6, 6.07) is 14.8. The average molecular weight is 303 g/mol. The second kappa shape index (κ2) is 5.56. The monoisotopic (exact) mass is 302 g/mol. The molecule has 3 nitrogen and oxygen atoms in total. The number of nitrogens with zero attached hydrogens (tertiary/aromatic N) is 1. The second-order valence-corrected chi connectivity index (χ2v) is 4.65. The lowest BCUT2D eigenvalue weighted by molar-refractivity contribution is 0.471. The second-order valence-electron chi connectivity index (χ2n) is 3.80. The molecule has 0 spiro atoms. The SMILES string of the molecule is N#Cc1ccccc1NCc1ccc(O)c(Br)c1. The van der Waals surface area contributed by atoms with E-state index in [4.69, 9.17) is 5.26 Å². The highest BCUT2D eigenvalue weighted by molar-refractivity contribution is 9.10. The van der Waals surface area contributed by atoms with Gasteiger partial charge in [-0.2, -0.15) is 5.26 Å². The molecule has 2 aromatic rings. The standard InChI is InChI=1S/C14H11BrN2O/c15-12-7-10(5-6-14(12)18)9-17-13-4-2-1-3-11(13)8-16/h1-7,17-18H,9H2. The van der Waals surface area contributed by atoms with Gasteiger partial charge in [0.15, 0.2) is 0 Å². The van der Waals surface area contributed by atoms with Crippen LogP contribution >= 0.6 is 15.9 Å². The van der Waals surface area contributed by atoms with Crippen LogP contribution in [0.5, 0.6) is 5.75 Å². The van der Waals surface area contributed by atoms with Gasteiger partial charge in [0.05, 0.1) is 15.7 Å². The van der Waals surface area contributed by atoms with E-state index in [2.05, 4.69) is 27.3 Å².